The summed E-state index contributed by atoms with van der Waals surface area (Å²) in [6, 6.07) is 13.8. The Balaban J connectivity index is 1.75. The summed E-state index contributed by atoms with van der Waals surface area (Å²) in [6.45, 7) is 5.16. The zero-order valence-electron chi connectivity index (χ0n) is 18.7. The summed E-state index contributed by atoms with van der Waals surface area (Å²) in [4.78, 5) is 27.0. The topological polar surface area (TPSA) is 54.3 Å². The summed E-state index contributed by atoms with van der Waals surface area (Å²) in [6.07, 6.45) is 6.65. The molecule has 0 saturated carbocycles. The Bertz CT molecular complexity index is 1250. The molecule has 0 radical (unpaired) electrons. The molecular formula is C26H28ClN3O2. The molecule has 1 aliphatic rings. The highest BCUT2D eigenvalue weighted by molar-refractivity contribution is 6.31. The van der Waals surface area contributed by atoms with Gasteiger partial charge in [0.1, 0.15) is 0 Å². The second-order valence-electron chi connectivity index (χ2n) is 8.48. The van der Waals surface area contributed by atoms with Gasteiger partial charge >= 0.3 is 0 Å². The number of halogens is 1. The average molecular weight is 450 g/mol. The van der Waals surface area contributed by atoms with Gasteiger partial charge in [-0.05, 0) is 73.5 Å². The lowest BCUT2D eigenvalue weighted by atomic mass is 9.78. The first-order valence-electron chi connectivity index (χ1n) is 10.9. The Hall–Kier alpha value is -3.05. The van der Waals surface area contributed by atoms with E-state index in [2.05, 4.69) is 11.4 Å². The van der Waals surface area contributed by atoms with Crippen molar-refractivity contribution in [1.29, 1.82) is 0 Å². The molecule has 2 heterocycles. The number of amides is 1. The highest BCUT2D eigenvalue weighted by atomic mass is 35.5. The maximum Gasteiger partial charge on any atom is 0.258 e. The van der Waals surface area contributed by atoms with E-state index >= 15 is 0 Å². The summed E-state index contributed by atoms with van der Waals surface area (Å²) in [5.74, 6) is 0.0399. The maximum atomic E-state index is 12.7. The Kier molecular flexibility index (Phi) is 6.11. The summed E-state index contributed by atoms with van der Waals surface area (Å²) in [5, 5.41) is 6.07. The number of hydrogen-bond donors (Lipinski definition) is 1. The number of allylic oxidation sites excluding steroid dienone is 1. The van der Waals surface area contributed by atoms with Crippen molar-refractivity contribution in [3.63, 3.8) is 0 Å². The van der Waals surface area contributed by atoms with E-state index in [1.165, 1.54) is 0 Å². The average Bonchev–Trinajstić information content (AvgIpc) is 2.79. The first-order valence-corrected chi connectivity index (χ1v) is 11.3. The van der Waals surface area contributed by atoms with Crippen LogP contribution in [0.1, 0.15) is 30.9 Å². The molecule has 166 valence electrons. The minimum Gasteiger partial charge on any atom is -0.375 e. The summed E-state index contributed by atoms with van der Waals surface area (Å²) in [5.41, 5.74) is 2.63. The lowest BCUT2D eigenvalue weighted by molar-refractivity contribution is -0.127. The fourth-order valence-corrected chi connectivity index (χ4v) is 4.81. The van der Waals surface area contributed by atoms with Gasteiger partial charge in [-0.2, -0.15) is 0 Å². The molecule has 1 aromatic heterocycles. The van der Waals surface area contributed by atoms with E-state index in [-0.39, 0.29) is 11.5 Å². The van der Waals surface area contributed by atoms with E-state index in [0.717, 1.165) is 40.1 Å². The number of carbonyl (C=O) groups is 1. The van der Waals surface area contributed by atoms with Gasteiger partial charge in [0.25, 0.3) is 5.56 Å². The molecule has 0 bridgehead atoms. The first kappa shape index (κ1) is 22.2. The van der Waals surface area contributed by atoms with E-state index in [4.69, 9.17) is 11.6 Å². The third kappa shape index (κ3) is 4.05. The number of fused-ring (bicyclic) bond motifs is 1. The van der Waals surface area contributed by atoms with Gasteiger partial charge in [0.05, 0.1) is 5.54 Å². The molecule has 0 atom stereocenters. The molecule has 32 heavy (non-hydrogen) atoms. The van der Waals surface area contributed by atoms with Crippen molar-refractivity contribution in [3.8, 4) is 0 Å². The largest absolute Gasteiger partial charge is 0.375 e. The van der Waals surface area contributed by atoms with Gasteiger partial charge in [-0.1, -0.05) is 35.9 Å². The van der Waals surface area contributed by atoms with Crippen LogP contribution in [0.3, 0.4) is 0 Å². The van der Waals surface area contributed by atoms with Crippen molar-refractivity contribution in [2.45, 2.75) is 32.2 Å². The first-order chi connectivity index (χ1) is 15.3. The third-order valence-corrected chi connectivity index (χ3v) is 6.90. The van der Waals surface area contributed by atoms with Gasteiger partial charge in [-0.3, -0.25) is 9.59 Å². The van der Waals surface area contributed by atoms with Crippen LogP contribution in [0.2, 0.25) is 5.02 Å². The maximum absolute atomic E-state index is 12.7. The van der Waals surface area contributed by atoms with Crippen molar-refractivity contribution < 1.29 is 4.79 Å². The van der Waals surface area contributed by atoms with E-state index in [0.29, 0.717) is 18.5 Å². The molecule has 0 unspecified atom stereocenters. The Morgan fingerprint density at radius 3 is 2.62 bits per heavy atom. The minimum absolute atomic E-state index is 0.0223. The quantitative estimate of drug-likeness (QED) is 0.570. The van der Waals surface area contributed by atoms with Crippen molar-refractivity contribution >= 4 is 34.0 Å². The van der Waals surface area contributed by atoms with Crippen LogP contribution in [0.15, 0.2) is 65.6 Å². The number of carbonyl (C=O) groups excluding carboxylic acids is 1. The zero-order valence-corrected chi connectivity index (χ0v) is 19.4. The Morgan fingerprint density at radius 1 is 1.16 bits per heavy atom. The van der Waals surface area contributed by atoms with Gasteiger partial charge in [-0.15, -0.1) is 0 Å². The Labute approximate surface area is 193 Å². The number of likely N-dealkylation sites (tertiary alicyclic amines) is 1. The number of aromatic nitrogens is 1. The summed E-state index contributed by atoms with van der Waals surface area (Å²) >= 11 is 6.49. The van der Waals surface area contributed by atoms with E-state index in [1.807, 2.05) is 55.1 Å². The second-order valence-corrected chi connectivity index (χ2v) is 8.89. The van der Waals surface area contributed by atoms with Gasteiger partial charge < -0.3 is 14.8 Å². The lowest BCUT2D eigenvalue weighted by Crippen LogP contribution is -2.49. The number of anilines is 1. The number of rotatable bonds is 4. The molecule has 6 heteroatoms. The summed E-state index contributed by atoms with van der Waals surface area (Å²) in [7, 11) is 1.76. The summed E-state index contributed by atoms with van der Waals surface area (Å²) < 4.78 is 1.59. The number of nitrogens with zero attached hydrogens (tertiary/aromatic N) is 2. The Morgan fingerprint density at radius 2 is 1.91 bits per heavy atom. The van der Waals surface area contributed by atoms with E-state index in [9.17, 15) is 9.59 Å². The SMILES string of the molecule is C/C=C/C(=O)N1CCC(Nc2ccc3ccn(C)c(=O)c3c2)(c2cccc(Cl)c2C)CC1. The molecule has 1 aliphatic heterocycles. The van der Waals surface area contributed by atoms with E-state index in [1.54, 1.807) is 30.0 Å². The van der Waals surface area contributed by atoms with Crippen molar-refractivity contribution in [1.82, 2.24) is 9.47 Å². The second kappa shape index (κ2) is 8.83. The van der Waals surface area contributed by atoms with Gasteiger partial charge in [0.15, 0.2) is 0 Å². The smallest absolute Gasteiger partial charge is 0.258 e. The molecule has 3 aromatic rings. The highest BCUT2D eigenvalue weighted by Crippen LogP contribution is 2.40. The number of nitrogens with one attached hydrogen (secondary N) is 1. The molecular weight excluding hydrogens is 422 g/mol. The van der Waals surface area contributed by atoms with Crippen LogP contribution in [0.5, 0.6) is 0 Å². The number of aryl methyl sites for hydroxylation is 1. The van der Waals surface area contributed by atoms with Crippen molar-refractivity contribution in [3.05, 3.63) is 87.3 Å². The van der Waals surface area contributed by atoms with Crippen LogP contribution in [0, 0.1) is 6.92 Å². The van der Waals surface area contributed by atoms with Crippen LogP contribution in [0.25, 0.3) is 10.8 Å². The molecule has 1 N–H and O–H groups in total. The monoisotopic (exact) mass is 449 g/mol. The van der Waals surface area contributed by atoms with Crippen LogP contribution in [-0.4, -0.2) is 28.5 Å². The minimum atomic E-state index is -0.393. The third-order valence-electron chi connectivity index (χ3n) is 6.49. The molecule has 1 fully saturated rings. The van der Waals surface area contributed by atoms with Crippen LogP contribution < -0.4 is 10.9 Å². The zero-order chi connectivity index (χ0) is 22.9. The fraction of sp³-hybridized carbons (Fsp3) is 0.308. The number of pyridine rings is 1. The molecule has 5 nitrogen and oxygen atoms in total. The molecule has 4 rings (SSSR count). The number of benzene rings is 2. The van der Waals surface area contributed by atoms with Crippen LogP contribution in [0.4, 0.5) is 5.69 Å². The standard InChI is InChI=1S/C26H28ClN3O2/c1-4-6-24(31)30-15-12-26(13-16-30,22-7-5-8-23(27)18(22)2)28-20-10-9-19-11-14-29(3)25(32)21(19)17-20/h4-11,14,17,28H,12-13,15-16H2,1-3H3/b6-4+. The van der Waals surface area contributed by atoms with Gasteiger partial charge in [0.2, 0.25) is 5.91 Å². The van der Waals surface area contributed by atoms with E-state index < -0.39 is 5.54 Å². The van der Waals surface area contributed by atoms with Gasteiger partial charge in [-0.25, -0.2) is 0 Å². The molecule has 1 amide bonds. The molecule has 1 saturated heterocycles. The molecule has 2 aromatic carbocycles. The fourth-order valence-electron chi connectivity index (χ4n) is 4.64. The number of piperidine rings is 1. The number of hydrogen-bond acceptors (Lipinski definition) is 3. The molecule has 0 spiro atoms. The lowest BCUT2D eigenvalue weighted by Gasteiger charge is -2.44. The normalized spacial score (nSPS) is 15.9. The van der Waals surface area contributed by atoms with Gasteiger partial charge in [0, 0.05) is 42.4 Å². The predicted molar refractivity (Wildman–Crippen MR) is 131 cm³/mol. The molecule has 0 aliphatic carbocycles. The van der Waals surface area contributed by atoms with Crippen molar-refractivity contribution in [2.24, 2.45) is 7.05 Å². The van der Waals surface area contributed by atoms with Crippen LogP contribution >= 0.6 is 11.6 Å². The predicted octanol–water partition coefficient (Wildman–Crippen LogP) is 5.01. The van der Waals surface area contributed by atoms with Crippen LogP contribution in [-0.2, 0) is 17.4 Å². The van der Waals surface area contributed by atoms with Crippen molar-refractivity contribution in [2.75, 3.05) is 18.4 Å². The highest BCUT2D eigenvalue weighted by Gasteiger charge is 2.38.